The zero-order valence-electron chi connectivity index (χ0n) is 66.6. The molecule has 6 atom stereocenters. The first-order chi connectivity index (χ1) is 56.1. The van der Waals surface area contributed by atoms with Crippen LogP contribution in [0.3, 0.4) is 0 Å². The fraction of sp³-hybridized carbons (Fsp3) is 0.346. The van der Waals surface area contributed by atoms with Crippen molar-refractivity contribution in [2.45, 2.75) is 114 Å². The summed E-state index contributed by atoms with van der Waals surface area (Å²) in [4.78, 5) is 38.0. The van der Waals surface area contributed by atoms with Crippen molar-refractivity contribution < 1.29 is 67.9 Å². The average molecular weight is 1720 g/mol. The predicted octanol–water partition coefficient (Wildman–Crippen LogP) is 12.5. The number of nitrogens with zero attached hydrogens (tertiary/aromatic N) is 18. The van der Waals surface area contributed by atoms with Gasteiger partial charge in [-0.2, -0.15) is 0 Å². The van der Waals surface area contributed by atoms with Gasteiger partial charge in [-0.3, -0.25) is 28.7 Å². The molecular formula is C78H87Cl3N18O15S3. The highest BCUT2D eigenvalue weighted by atomic mass is 35.5. The number of pyridine rings is 3. The van der Waals surface area contributed by atoms with Gasteiger partial charge in [0.1, 0.15) is 87.1 Å². The Morgan fingerprint density at radius 2 is 0.564 bits per heavy atom. The maximum absolute atomic E-state index is 13.8. The molecule has 3 aromatic carbocycles. The van der Waals surface area contributed by atoms with Crippen LogP contribution in [0.4, 0.5) is 0 Å². The van der Waals surface area contributed by atoms with Gasteiger partial charge >= 0.3 is 0 Å². The van der Waals surface area contributed by atoms with Gasteiger partial charge in [0, 0.05) is 111 Å². The Kier molecular flexibility index (Phi) is 30.2. The molecule has 33 nitrogen and oxygen atoms in total. The lowest BCUT2D eigenvalue weighted by atomic mass is 10.2. The van der Waals surface area contributed by atoms with Crippen molar-refractivity contribution in [3.63, 3.8) is 0 Å². The van der Waals surface area contributed by atoms with Crippen LogP contribution in [0.15, 0.2) is 147 Å². The largest absolute Gasteiger partial charge is 0.494 e. The summed E-state index contributed by atoms with van der Waals surface area (Å²) in [6.45, 7) is 16.5. The van der Waals surface area contributed by atoms with Gasteiger partial charge in [-0.25, -0.2) is 55.2 Å². The Morgan fingerprint density at radius 1 is 0.342 bits per heavy atom. The summed E-state index contributed by atoms with van der Waals surface area (Å²) in [5.41, 5.74) is 6.03. The maximum Gasteiger partial charge on any atom is 0.170 e. The van der Waals surface area contributed by atoms with E-state index in [-0.39, 0.29) is 54.8 Å². The number of aryl methyl sites for hydroxylation is 3. The topological polar surface area (TPSA) is 394 Å². The molecule has 0 saturated heterocycles. The Labute approximate surface area is 692 Å². The van der Waals surface area contributed by atoms with Crippen LogP contribution in [0, 0.1) is 20.8 Å². The van der Waals surface area contributed by atoms with E-state index >= 15 is 0 Å². The lowest BCUT2D eigenvalue weighted by molar-refractivity contribution is 0.0555. The standard InChI is InChI=1S/3C26H29ClN6O5S/c3*1-6-38-24(25-29-13-19(27)14-30-25)17(3)39(34,35)15-22-31-32-26(18-10-16(2)11-28-12-18)33(22)23-20(36-4)8-7-9-21(23)37-5/h3*7-14,17,24H,6,15H2,1-5H3/t2*17-,24+;17-,24-/m101/s1. The molecule has 117 heavy (non-hydrogen) atoms. The quantitative estimate of drug-likeness (QED) is 0.0368. The van der Waals surface area contributed by atoms with Gasteiger partial charge in [-0.05, 0) is 134 Å². The molecule has 0 N–H and O–H groups in total. The van der Waals surface area contributed by atoms with Gasteiger partial charge < -0.3 is 42.6 Å². The number of aromatic nitrogens is 18. The summed E-state index contributed by atoms with van der Waals surface area (Å²) in [5.74, 6) is 3.60. The molecule has 0 aliphatic rings. The number of rotatable bonds is 33. The first kappa shape index (κ1) is 88.5. The molecule has 0 aliphatic heterocycles. The molecule has 9 heterocycles. The second-order valence-electron chi connectivity index (χ2n) is 26.1. The molecule has 12 aromatic rings. The fourth-order valence-electron chi connectivity index (χ4n) is 12.4. The third-order valence-electron chi connectivity index (χ3n) is 18.2. The summed E-state index contributed by atoms with van der Waals surface area (Å²) < 4.78 is 139. The van der Waals surface area contributed by atoms with Crippen LogP contribution in [0.1, 0.15) is 111 Å². The van der Waals surface area contributed by atoms with Crippen molar-refractivity contribution >= 4 is 64.3 Å². The second-order valence-corrected chi connectivity index (χ2v) is 34.4. The first-order valence-electron chi connectivity index (χ1n) is 36.2. The Hall–Kier alpha value is -10.8. The minimum atomic E-state index is -3.90. The third-order valence-corrected chi connectivity index (χ3v) is 24.9. The number of sulfone groups is 3. The van der Waals surface area contributed by atoms with Crippen LogP contribution < -0.4 is 28.4 Å². The number of para-hydroxylation sites is 3. The zero-order chi connectivity index (χ0) is 84.5. The third kappa shape index (κ3) is 20.8. The van der Waals surface area contributed by atoms with Crippen molar-refractivity contribution in [1.29, 1.82) is 0 Å². The van der Waals surface area contributed by atoms with E-state index in [0.717, 1.165) is 16.7 Å². The number of hydrogen-bond donors (Lipinski definition) is 0. The first-order valence-corrected chi connectivity index (χ1v) is 42.5. The minimum absolute atomic E-state index is 0.161. The van der Waals surface area contributed by atoms with Crippen LogP contribution in [0.25, 0.3) is 51.2 Å². The zero-order valence-corrected chi connectivity index (χ0v) is 71.3. The molecule has 0 unspecified atom stereocenters. The van der Waals surface area contributed by atoms with Crippen LogP contribution in [-0.4, -0.2) is 193 Å². The molecule has 618 valence electrons. The number of methoxy groups -OCH3 is 6. The van der Waals surface area contributed by atoms with E-state index < -0.39 is 80.8 Å². The van der Waals surface area contributed by atoms with Gasteiger partial charge in [0.2, 0.25) is 0 Å². The summed E-state index contributed by atoms with van der Waals surface area (Å²) in [7, 11) is -2.56. The van der Waals surface area contributed by atoms with Gasteiger partial charge in [0.25, 0.3) is 0 Å². The van der Waals surface area contributed by atoms with Crippen molar-refractivity contribution in [3.05, 3.63) is 214 Å². The summed E-state index contributed by atoms with van der Waals surface area (Å²) in [6, 6.07) is 21.5. The summed E-state index contributed by atoms with van der Waals surface area (Å²) >= 11 is 17.8. The van der Waals surface area contributed by atoms with Gasteiger partial charge in [0.15, 0.2) is 81.9 Å². The molecule has 0 aliphatic carbocycles. The monoisotopic (exact) mass is 1720 g/mol. The SMILES string of the molecule is CCO[C@@H](c1ncc(Cl)cn1)[C@@H](C)S(=O)(=O)Cc1nnc(-c2cncc(C)c2)n1-c1c(OC)cccc1OC.CCO[C@@H](c1ncc(Cl)cn1)[C@H](C)S(=O)(=O)Cc1nnc(-c2cncc(C)c2)n1-c1c(OC)cccc1OC.CCO[C@H](c1ncc(Cl)cn1)[C@@H](C)S(=O)(=O)Cc1nnc(-c2cncc(C)c2)n1-c1c(OC)cccc1OC. The van der Waals surface area contributed by atoms with Gasteiger partial charge in [-0.15, -0.1) is 30.6 Å². The van der Waals surface area contributed by atoms with Crippen LogP contribution in [0.5, 0.6) is 34.5 Å². The molecule has 0 spiro atoms. The average Bonchev–Trinajstić information content (AvgIpc) is 1.65. The summed E-state index contributed by atoms with van der Waals surface area (Å²) in [5, 5.41) is 24.0. The van der Waals surface area contributed by atoms with Gasteiger partial charge in [0.05, 0.1) is 73.5 Å². The van der Waals surface area contributed by atoms with Crippen molar-refractivity contribution in [2.24, 2.45) is 0 Å². The Morgan fingerprint density at radius 3 is 0.761 bits per heavy atom. The minimum Gasteiger partial charge on any atom is -0.494 e. The number of halogens is 3. The van der Waals surface area contributed by atoms with Crippen LogP contribution in [0.2, 0.25) is 15.1 Å². The molecule has 9 aromatic heterocycles. The summed E-state index contributed by atoms with van der Waals surface area (Å²) in [6.07, 6.45) is 15.7. The van der Waals surface area contributed by atoms with Crippen LogP contribution in [-0.2, 0) is 61.0 Å². The highest BCUT2D eigenvalue weighted by molar-refractivity contribution is 7.91. The molecule has 0 saturated carbocycles. The van der Waals surface area contributed by atoms with E-state index in [9.17, 15) is 25.3 Å². The van der Waals surface area contributed by atoms with E-state index in [4.69, 9.17) is 77.4 Å². The van der Waals surface area contributed by atoms with E-state index in [2.05, 4.69) is 75.4 Å². The lowest BCUT2D eigenvalue weighted by Crippen LogP contribution is -2.30. The number of benzene rings is 3. The van der Waals surface area contributed by atoms with E-state index in [1.165, 1.54) is 79.8 Å². The second kappa shape index (κ2) is 39.9. The van der Waals surface area contributed by atoms with E-state index in [1.54, 1.807) is 147 Å². The number of ether oxygens (including phenoxy) is 9. The van der Waals surface area contributed by atoms with Crippen molar-refractivity contribution in [3.8, 4) is 85.7 Å². The molecule has 0 amide bonds. The highest BCUT2D eigenvalue weighted by Gasteiger charge is 2.40. The Bertz CT molecular complexity index is 5120. The molecule has 0 bridgehead atoms. The Balaban J connectivity index is 0.000000185. The van der Waals surface area contributed by atoms with Gasteiger partial charge in [-0.1, -0.05) is 53.0 Å². The number of hydrogen-bond acceptors (Lipinski definition) is 30. The maximum atomic E-state index is 13.8. The highest BCUT2D eigenvalue weighted by Crippen LogP contribution is 2.42. The van der Waals surface area contributed by atoms with E-state index in [1.807, 2.05) is 39.0 Å². The van der Waals surface area contributed by atoms with E-state index in [0.29, 0.717) is 101 Å². The van der Waals surface area contributed by atoms with Crippen LogP contribution >= 0.6 is 34.8 Å². The van der Waals surface area contributed by atoms with Crippen molar-refractivity contribution in [1.82, 2.24) is 89.1 Å². The lowest BCUT2D eigenvalue weighted by Gasteiger charge is -2.23. The molecular weight excluding hydrogens is 1630 g/mol. The molecule has 12 rings (SSSR count). The fourth-order valence-corrected chi connectivity index (χ4v) is 16.8. The van der Waals surface area contributed by atoms with Crippen molar-refractivity contribution in [2.75, 3.05) is 62.5 Å². The molecule has 0 radical (unpaired) electrons. The molecule has 39 heteroatoms. The normalized spacial score (nSPS) is 13.2. The molecule has 0 fully saturated rings. The predicted molar refractivity (Wildman–Crippen MR) is 438 cm³/mol. The smallest absolute Gasteiger partial charge is 0.170 e.